The van der Waals surface area contributed by atoms with E-state index in [2.05, 4.69) is 68.5 Å². The van der Waals surface area contributed by atoms with Gasteiger partial charge in [-0.15, -0.1) is 0 Å². The minimum Gasteiger partial charge on any atom is -0.543 e. The number of carbonyl (C=O) groups is 4. The number of pyridine rings is 4. The minimum absolute atomic E-state index is 0. The van der Waals surface area contributed by atoms with E-state index in [1.165, 1.54) is 10.8 Å². The topological polar surface area (TPSA) is 308 Å². The Morgan fingerprint density at radius 3 is 1.18 bits per heavy atom. The molecule has 6 rings (SSSR count). The Balaban J connectivity index is 0. The maximum Gasteiger partial charge on any atom is 3.00 e. The molecule has 229 valence electrons. The van der Waals surface area contributed by atoms with Gasteiger partial charge in [-0.2, -0.15) is 0 Å². The summed E-state index contributed by atoms with van der Waals surface area (Å²) in [5, 5.41) is 40.3. The standard InChI is InChI=1S/2C12H8N2.2C2H2O4.Fe.3H2O/c2*1-3-9-5-6-10-4-2-8-14-12(10)11(9)13-7-1;2*3-1(4)2(5)6;;;;/h2*1-8H;2*(H,3,4)(H,5,6);;3*1H2/q;;;;+3;;;/p-3. The second-order valence-corrected chi connectivity index (χ2v) is 7.64. The Morgan fingerprint density at radius 2 is 0.795 bits per heavy atom. The molecule has 0 bridgehead atoms. The van der Waals surface area contributed by atoms with Gasteiger partial charge in [-0.3, -0.25) is 9.97 Å². The summed E-state index contributed by atoms with van der Waals surface area (Å²) in [6.07, 6.45) is 7.35. The van der Waals surface area contributed by atoms with Gasteiger partial charge in [-0.25, -0.2) is 9.97 Å². The molecule has 44 heavy (non-hydrogen) atoms. The van der Waals surface area contributed by atoms with Crippen molar-refractivity contribution in [3.8, 4) is 0 Å². The number of hydrogen-bond donors (Lipinski definition) is 0. The van der Waals surface area contributed by atoms with Gasteiger partial charge >= 0.3 is 17.1 Å². The van der Waals surface area contributed by atoms with E-state index in [1.54, 1.807) is 12.4 Å². The first-order chi connectivity index (χ1) is 19.2. The second-order valence-electron chi connectivity index (χ2n) is 7.64. The van der Waals surface area contributed by atoms with Gasteiger partial charge in [-0.05, 0) is 30.3 Å². The minimum atomic E-state index is -2.19. The third kappa shape index (κ3) is 11.0. The van der Waals surface area contributed by atoms with Crippen molar-refractivity contribution in [1.29, 1.82) is 0 Å². The van der Waals surface area contributed by atoms with E-state index in [0.717, 1.165) is 32.8 Å². The number of hydrogen-bond acceptors (Lipinski definition) is 11. The van der Waals surface area contributed by atoms with Crippen molar-refractivity contribution in [3.63, 3.8) is 0 Å². The summed E-state index contributed by atoms with van der Waals surface area (Å²) in [6, 6.07) is 24.4. The van der Waals surface area contributed by atoms with Gasteiger partial charge in [0.2, 0.25) is 5.52 Å². The Hall–Kier alpha value is -5.64. The Kier molecular flexibility index (Phi) is 17.9. The van der Waals surface area contributed by atoms with Crippen LogP contribution in [0.15, 0.2) is 97.6 Å². The number of carboxylic acid groups (broad SMARTS) is 4. The number of carbonyl (C=O) groups excluding carboxylic acids is 4. The predicted molar refractivity (Wildman–Crippen MR) is 144 cm³/mol. The average Bonchev–Trinajstić information content (AvgIpc) is 2.98. The molecule has 0 fully saturated rings. The molecule has 0 atom stereocenters. The summed E-state index contributed by atoms with van der Waals surface area (Å²) < 4.78 is 0. The van der Waals surface area contributed by atoms with Gasteiger partial charge < -0.3 is 56.0 Å². The molecule has 0 saturated carbocycles. The van der Waals surface area contributed by atoms with Crippen LogP contribution in [-0.4, -0.2) is 55.3 Å². The van der Waals surface area contributed by atoms with Crippen molar-refractivity contribution < 1.29 is 78.1 Å². The van der Waals surface area contributed by atoms with E-state index in [-0.39, 0.29) is 33.5 Å². The van der Waals surface area contributed by atoms with E-state index in [4.69, 9.17) is 39.6 Å². The Morgan fingerprint density at radius 1 is 0.477 bits per heavy atom. The normalized spacial score (nSPS) is 8.91. The second kappa shape index (κ2) is 19.5. The van der Waals surface area contributed by atoms with Crippen LogP contribution in [-0.2, 0) is 36.2 Å². The van der Waals surface area contributed by atoms with Crippen LogP contribution in [0.1, 0.15) is 0 Å². The summed E-state index contributed by atoms with van der Waals surface area (Å²) in [7, 11) is 0. The molecular weight excluding hydrogens is 624 g/mol. The first-order valence-electron chi connectivity index (χ1n) is 11.3. The number of aliphatic carboxylic acids is 4. The average molecular weight is 647 g/mol. The zero-order valence-corrected chi connectivity index (χ0v) is 23.3. The summed E-state index contributed by atoms with van der Waals surface area (Å²) in [4.78, 5) is 52.0. The zero-order chi connectivity index (χ0) is 29.1. The van der Waals surface area contributed by atoms with E-state index in [9.17, 15) is 0 Å². The smallest absolute Gasteiger partial charge is 0.543 e. The van der Waals surface area contributed by atoms with Crippen LogP contribution < -0.4 is 25.4 Å². The molecule has 7 N–H and O–H groups in total. The quantitative estimate of drug-likeness (QED) is 0.0859. The van der Waals surface area contributed by atoms with Gasteiger partial charge in [0.1, 0.15) is 5.52 Å². The van der Waals surface area contributed by atoms with Crippen molar-refractivity contribution in [3.05, 3.63) is 97.6 Å². The largest absolute Gasteiger partial charge is 3.00 e. The first-order valence-corrected chi connectivity index (χ1v) is 11.3. The monoisotopic (exact) mass is 647 g/mol. The number of carboxylic acids is 4. The van der Waals surface area contributed by atoms with Gasteiger partial charge in [-0.1, -0.05) is 36.4 Å². The van der Waals surface area contributed by atoms with Crippen LogP contribution >= 0.6 is 0 Å². The van der Waals surface area contributed by atoms with Gasteiger partial charge in [0.05, 0.1) is 34.9 Å². The van der Waals surface area contributed by atoms with E-state index in [1.807, 2.05) is 36.7 Å². The molecule has 16 heteroatoms. The predicted octanol–water partition coefficient (Wildman–Crippen LogP) is -4.52. The van der Waals surface area contributed by atoms with Crippen LogP contribution in [0.2, 0.25) is 0 Å². The molecule has 0 unspecified atom stereocenters. The molecule has 0 spiro atoms. The molecular formula is C28H23FeN4O11. The van der Waals surface area contributed by atoms with E-state index >= 15 is 0 Å². The number of nitrogens with one attached hydrogen (secondary N) is 1. The molecule has 6 aromatic rings. The van der Waals surface area contributed by atoms with Gasteiger partial charge in [0.25, 0.3) is 0 Å². The first kappa shape index (κ1) is 40.5. The van der Waals surface area contributed by atoms with Crippen LogP contribution in [0.3, 0.4) is 0 Å². The van der Waals surface area contributed by atoms with E-state index in [0.29, 0.717) is 0 Å². The van der Waals surface area contributed by atoms with Crippen LogP contribution in [0.5, 0.6) is 0 Å². The van der Waals surface area contributed by atoms with Crippen molar-refractivity contribution in [2.75, 3.05) is 0 Å². The molecule has 4 aromatic heterocycles. The fourth-order valence-electron chi connectivity index (χ4n) is 3.41. The molecule has 2 aromatic carbocycles. The number of nitrogens with zero attached hydrogens (tertiary/aromatic N) is 3. The SMILES string of the molecule is O.O.O.O=C([O-])C(=O)[O-].O=C([O-])C(=O)[O-].[Fe+3].c1cnc2c(c1)ccc1ccc[nH+]c12.c1cnc2c(c1)ccc1cccnc12. The summed E-state index contributed by atoms with van der Waals surface area (Å²) in [5.41, 5.74) is 4.09. The number of aromatic nitrogens is 4. The third-order valence-electron chi connectivity index (χ3n) is 5.08. The fraction of sp³-hybridized carbons (Fsp3) is 0. The third-order valence-corrected chi connectivity index (χ3v) is 5.08. The molecule has 4 heterocycles. The Bertz CT molecular complexity index is 1590. The number of benzene rings is 2. The van der Waals surface area contributed by atoms with Crippen LogP contribution in [0.25, 0.3) is 43.6 Å². The fourth-order valence-corrected chi connectivity index (χ4v) is 3.41. The maximum atomic E-state index is 8.93. The van der Waals surface area contributed by atoms with E-state index < -0.39 is 23.9 Å². The summed E-state index contributed by atoms with van der Waals surface area (Å²) in [6.45, 7) is 0. The van der Waals surface area contributed by atoms with Crippen LogP contribution in [0.4, 0.5) is 0 Å². The molecule has 0 aliphatic carbocycles. The molecule has 0 amide bonds. The Labute approximate surface area is 257 Å². The van der Waals surface area contributed by atoms with Crippen molar-refractivity contribution >= 4 is 67.5 Å². The number of H-pyrrole nitrogens is 1. The van der Waals surface area contributed by atoms with Gasteiger partial charge in [0.15, 0.2) is 6.20 Å². The number of fused-ring (bicyclic) bond motifs is 6. The summed E-state index contributed by atoms with van der Waals surface area (Å²) in [5.74, 6) is -8.74. The molecule has 0 aliphatic rings. The molecule has 0 saturated heterocycles. The van der Waals surface area contributed by atoms with Crippen molar-refractivity contribution in [1.82, 2.24) is 15.0 Å². The van der Waals surface area contributed by atoms with Crippen molar-refractivity contribution in [2.45, 2.75) is 0 Å². The molecule has 1 radical (unpaired) electrons. The molecule has 0 aliphatic heterocycles. The maximum absolute atomic E-state index is 8.93. The van der Waals surface area contributed by atoms with Crippen LogP contribution in [0, 0.1) is 0 Å². The zero-order valence-electron chi connectivity index (χ0n) is 22.2. The number of aromatic amines is 1. The number of rotatable bonds is 0. The summed E-state index contributed by atoms with van der Waals surface area (Å²) >= 11 is 0. The molecule has 15 nitrogen and oxygen atoms in total. The van der Waals surface area contributed by atoms with Gasteiger partial charge in [0, 0.05) is 46.2 Å². The van der Waals surface area contributed by atoms with Crippen molar-refractivity contribution in [2.24, 2.45) is 0 Å².